The van der Waals surface area contributed by atoms with Gasteiger partial charge in [0, 0.05) is 25.4 Å². The van der Waals surface area contributed by atoms with E-state index < -0.39 is 10.0 Å². The first kappa shape index (κ1) is 15.9. The van der Waals surface area contributed by atoms with Crippen LogP contribution in [0, 0.1) is 11.8 Å². The maximum atomic E-state index is 12.5. The monoisotopic (exact) mass is 286 g/mol. The van der Waals surface area contributed by atoms with Crippen molar-refractivity contribution in [2.24, 2.45) is 11.8 Å². The number of aromatic amines is 1. The summed E-state index contributed by atoms with van der Waals surface area (Å²) in [6, 6.07) is 2.58. The van der Waals surface area contributed by atoms with Crippen LogP contribution in [-0.4, -0.2) is 30.8 Å². The summed E-state index contributed by atoms with van der Waals surface area (Å²) >= 11 is 0. The summed E-state index contributed by atoms with van der Waals surface area (Å²) in [6.07, 6.45) is 1.26. The predicted molar refractivity (Wildman–Crippen MR) is 75.5 cm³/mol. The minimum absolute atomic E-state index is 0.133. The van der Waals surface area contributed by atoms with Gasteiger partial charge < -0.3 is 4.98 Å². The van der Waals surface area contributed by atoms with Crippen molar-refractivity contribution in [3.8, 4) is 0 Å². The number of H-pyrrole nitrogens is 1. The van der Waals surface area contributed by atoms with Crippen LogP contribution >= 0.6 is 0 Å². The zero-order valence-electron chi connectivity index (χ0n) is 11.9. The Balaban J connectivity index is 3.11. The molecule has 0 aliphatic carbocycles. The Morgan fingerprint density at radius 1 is 1.11 bits per heavy atom. The van der Waals surface area contributed by atoms with Gasteiger partial charge in [0.15, 0.2) is 0 Å². The molecule has 0 spiro atoms. The van der Waals surface area contributed by atoms with Crippen molar-refractivity contribution >= 4 is 10.0 Å². The minimum atomic E-state index is -3.54. The van der Waals surface area contributed by atoms with Gasteiger partial charge in [-0.2, -0.15) is 4.31 Å². The Kier molecular flexibility index (Phi) is 5.31. The molecular weight excluding hydrogens is 264 g/mol. The van der Waals surface area contributed by atoms with Crippen LogP contribution in [0.2, 0.25) is 0 Å². The average molecular weight is 286 g/mol. The second kappa shape index (κ2) is 6.34. The maximum absolute atomic E-state index is 12.5. The molecule has 19 heavy (non-hydrogen) atoms. The molecule has 1 aromatic rings. The van der Waals surface area contributed by atoms with E-state index in [2.05, 4.69) is 4.98 Å². The Bertz CT molecular complexity index is 531. The van der Waals surface area contributed by atoms with Crippen LogP contribution in [0.5, 0.6) is 0 Å². The molecule has 1 rings (SSSR count). The molecule has 0 aliphatic heterocycles. The minimum Gasteiger partial charge on any atom is -0.328 e. The molecule has 0 radical (unpaired) electrons. The fraction of sp³-hybridized carbons (Fsp3) is 0.615. The van der Waals surface area contributed by atoms with Crippen molar-refractivity contribution in [3.05, 3.63) is 28.7 Å². The van der Waals surface area contributed by atoms with Crippen molar-refractivity contribution in [2.45, 2.75) is 32.6 Å². The van der Waals surface area contributed by atoms with E-state index in [9.17, 15) is 13.2 Å². The molecule has 0 saturated carbocycles. The molecule has 1 heterocycles. The molecule has 6 heteroatoms. The highest BCUT2D eigenvalue weighted by molar-refractivity contribution is 7.89. The van der Waals surface area contributed by atoms with Gasteiger partial charge in [0.2, 0.25) is 15.6 Å². The number of hydrogen-bond acceptors (Lipinski definition) is 3. The molecule has 0 aromatic carbocycles. The third-order valence-electron chi connectivity index (χ3n) is 2.53. The van der Waals surface area contributed by atoms with Gasteiger partial charge in [0.25, 0.3) is 0 Å². The quantitative estimate of drug-likeness (QED) is 0.865. The number of aromatic nitrogens is 1. The van der Waals surface area contributed by atoms with Crippen molar-refractivity contribution < 1.29 is 8.42 Å². The van der Waals surface area contributed by atoms with E-state index in [1.165, 1.54) is 22.6 Å². The van der Waals surface area contributed by atoms with Gasteiger partial charge in [-0.3, -0.25) is 4.79 Å². The molecule has 0 aliphatic rings. The first-order valence-electron chi connectivity index (χ1n) is 6.42. The lowest BCUT2D eigenvalue weighted by atomic mass is 10.2. The molecule has 0 amide bonds. The lowest BCUT2D eigenvalue weighted by Gasteiger charge is -2.25. The molecular formula is C13H22N2O3S. The number of hydrogen-bond donors (Lipinski definition) is 1. The SMILES string of the molecule is CC(C)CN(CC(C)C)S(=O)(=O)c1ccc(=O)[nH]c1. The van der Waals surface area contributed by atoms with E-state index in [4.69, 9.17) is 0 Å². The molecule has 1 N–H and O–H groups in total. The van der Waals surface area contributed by atoms with Crippen molar-refractivity contribution in [2.75, 3.05) is 13.1 Å². The van der Waals surface area contributed by atoms with Gasteiger partial charge in [0.1, 0.15) is 0 Å². The van der Waals surface area contributed by atoms with Gasteiger partial charge >= 0.3 is 0 Å². The van der Waals surface area contributed by atoms with Gasteiger partial charge in [-0.1, -0.05) is 27.7 Å². The number of pyridine rings is 1. The molecule has 108 valence electrons. The summed E-state index contributed by atoms with van der Waals surface area (Å²) in [4.78, 5) is 13.5. The Morgan fingerprint density at radius 2 is 1.63 bits per heavy atom. The average Bonchev–Trinajstić information content (AvgIpc) is 2.27. The second-order valence-electron chi connectivity index (χ2n) is 5.50. The lowest BCUT2D eigenvalue weighted by Crippen LogP contribution is -2.37. The highest BCUT2D eigenvalue weighted by Crippen LogP contribution is 2.17. The van der Waals surface area contributed by atoms with Gasteiger partial charge in [0.05, 0.1) is 4.90 Å². The summed E-state index contributed by atoms with van der Waals surface area (Å²) in [6.45, 7) is 8.87. The molecule has 5 nitrogen and oxygen atoms in total. The zero-order chi connectivity index (χ0) is 14.6. The summed E-state index contributed by atoms with van der Waals surface area (Å²) in [5, 5.41) is 0. The van der Waals surface area contributed by atoms with Crippen LogP contribution in [0.4, 0.5) is 0 Å². The maximum Gasteiger partial charge on any atom is 0.247 e. The lowest BCUT2D eigenvalue weighted by molar-refractivity contribution is 0.333. The zero-order valence-corrected chi connectivity index (χ0v) is 12.7. The number of nitrogens with zero attached hydrogens (tertiary/aromatic N) is 1. The number of sulfonamides is 1. The highest BCUT2D eigenvalue weighted by atomic mass is 32.2. The van der Waals surface area contributed by atoms with Crippen LogP contribution in [0.1, 0.15) is 27.7 Å². The number of rotatable bonds is 6. The third-order valence-corrected chi connectivity index (χ3v) is 4.36. The van der Waals surface area contributed by atoms with E-state index in [0.717, 1.165) is 0 Å². The van der Waals surface area contributed by atoms with Crippen LogP contribution < -0.4 is 5.56 Å². The Morgan fingerprint density at radius 3 is 2.00 bits per heavy atom. The molecule has 0 fully saturated rings. The first-order chi connectivity index (χ1) is 8.73. The van der Waals surface area contributed by atoms with Crippen molar-refractivity contribution in [3.63, 3.8) is 0 Å². The van der Waals surface area contributed by atoms with E-state index in [0.29, 0.717) is 13.1 Å². The summed E-state index contributed by atoms with van der Waals surface area (Å²) in [5.74, 6) is 0.493. The topological polar surface area (TPSA) is 70.2 Å². The van der Waals surface area contributed by atoms with Crippen LogP contribution in [-0.2, 0) is 10.0 Å². The van der Waals surface area contributed by atoms with Crippen molar-refractivity contribution in [1.29, 1.82) is 0 Å². The first-order valence-corrected chi connectivity index (χ1v) is 7.86. The fourth-order valence-electron chi connectivity index (χ4n) is 1.79. The van der Waals surface area contributed by atoms with Crippen LogP contribution in [0.15, 0.2) is 28.0 Å². The smallest absolute Gasteiger partial charge is 0.247 e. The molecule has 1 aromatic heterocycles. The summed E-state index contributed by atoms with van der Waals surface area (Å²) in [5.41, 5.74) is -0.307. The fourth-order valence-corrected chi connectivity index (χ4v) is 3.53. The Hall–Kier alpha value is -1.14. The molecule has 0 saturated heterocycles. The molecule has 0 bridgehead atoms. The van der Waals surface area contributed by atoms with Crippen LogP contribution in [0.25, 0.3) is 0 Å². The third kappa shape index (κ3) is 4.47. The normalized spacial score (nSPS) is 12.6. The highest BCUT2D eigenvalue weighted by Gasteiger charge is 2.25. The predicted octanol–water partition coefficient (Wildman–Crippen LogP) is 1.68. The molecule has 0 atom stereocenters. The summed E-state index contributed by atoms with van der Waals surface area (Å²) < 4.78 is 26.5. The van der Waals surface area contributed by atoms with E-state index in [1.54, 1.807) is 0 Å². The summed E-state index contributed by atoms with van der Waals surface area (Å²) in [7, 11) is -3.54. The largest absolute Gasteiger partial charge is 0.328 e. The van der Waals surface area contributed by atoms with E-state index >= 15 is 0 Å². The van der Waals surface area contributed by atoms with Gasteiger partial charge in [-0.25, -0.2) is 8.42 Å². The standard InChI is InChI=1S/C13H22N2O3S/c1-10(2)8-15(9-11(3)4)19(17,18)12-5-6-13(16)14-7-12/h5-7,10-11H,8-9H2,1-4H3,(H,14,16). The van der Waals surface area contributed by atoms with Gasteiger partial charge in [-0.15, -0.1) is 0 Å². The second-order valence-corrected chi connectivity index (χ2v) is 7.44. The van der Waals surface area contributed by atoms with Gasteiger partial charge in [-0.05, 0) is 17.9 Å². The van der Waals surface area contributed by atoms with Crippen LogP contribution in [0.3, 0.4) is 0 Å². The Labute approximate surface area is 114 Å². The van der Waals surface area contributed by atoms with E-state index in [-0.39, 0.29) is 22.3 Å². The molecule has 0 unspecified atom stereocenters. The van der Waals surface area contributed by atoms with E-state index in [1.807, 2.05) is 27.7 Å². The number of nitrogens with one attached hydrogen (secondary N) is 1. The van der Waals surface area contributed by atoms with Crippen molar-refractivity contribution in [1.82, 2.24) is 9.29 Å².